The lowest BCUT2D eigenvalue weighted by molar-refractivity contribution is -0.124. The molecule has 0 spiro atoms. The summed E-state index contributed by atoms with van der Waals surface area (Å²) in [7, 11) is 0. The summed E-state index contributed by atoms with van der Waals surface area (Å²) in [5.41, 5.74) is 1.42. The fourth-order valence-corrected chi connectivity index (χ4v) is 3.81. The molecular weight excluding hydrogens is 307 g/mol. The third-order valence-electron chi connectivity index (χ3n) is 4.97. The minimum Gasteiger partial charge on any atom is -0.372 e. The van der Waals surface area contributed by atoms with Crippen LogP contribution >= 0.6 is 0 Å². The zero-order chi connectivity index (χ0) is 17.1. The predicted octanol–water partition coefficient (Wildman–Crippen LogP) is 3.25. The number of rotatable bonds is 4. The number of morpholine rings is 1. The molecule has 1 saturated carbocycles. The van der Waals surface area contributed by atoms with E-state index in [0.717, 1.165) is 31.2 Å². The number of nitrogens with one attached hydrogen (secondary N) is 1. The van der Waals surface area contributed by atoms with Crippen molar-refractivity contribution in [2.75, 3.05) is 18.0 Å². The minimum absolute atomic E-state index is 0.0959. The number of nitrogens with zero attached hydrogens (tertiary/aromatic N) is 1. The standard InChI is InChI=1S/C19H27FN2O2/c1-13-11-22(12-14(2)24-13)18-8-7-15(9-17(18)20)10-21-19(23)16-5-3-4-6-16/h7-9,13-14,16H,3-6,10-12H2,1-2H3,(H,21,23)/t13-,14+. The maximum Gasteiger partial charge on any atom is 0.223 e. The van der Waals surface area contributed by atoms with Crippen LogP contribution in [0.15, 0.2) is 18.2 Å². The normalized spacial score (nSPS) is 25.0. The van der Waals surface area contributed by atoms with Gasteiger partial charge in [0.1, 0.15) is 5.82 Å². The second kappa shape index (κ2) is 7.51. The largest absolute Gasteiger partial charge is 0.372 e. The van der Waals surface area contributed by atoms with Gasteiger partial charge in [0.15, 0.2) is 0 Å². The van der Waals surface area contributed by atoms with E-state index in [1.807, 2.05) is 30.9 Å². The Labute approximate surface area is 143 Å². The smallest absolute Gasteiger partial charge is 0.223 e. The monoisotopic (exact) mass is 334 g/mol. The first-order valence-corrected chi connectivity index (χ1v) is 8.99. The summed E-state index contributed by atoms with van der Waals surface area (Å²) in [6, 6.07) is 5.25. The van der Waals surface area contributed by atoms with E-state index in [9.17, 15) is 9.18 Å². The van der Waals surface area contributed by atoms with Crippen molar-refractivity contribution in [3.05, 3.63) is 29.6 Å². The number of amides is 1. The third-order valence-corrected chi connectivity index (χ3v) is 4.97. The average molecular weight is 334 g/mol. The number of carbonyl (C=O) groups is 1. The molecule has 1 saturated heterocycles. The molecule has 1 N–H and O–H groups in total. The highest BCUT2D eigenvalue weighted by Gasteiger charge is 2.25. The Bertz CT molecular complexity index is 577. The number of anilines is 1. The predicted molar refractivity (Wildman–Crippen MR) is 92.4 cm³/mol. The summed E-state index contributed by atoms with van der Waals surface area (Å²) in [6.45, 7) is 5.79. The van der Waals surface area contributed by atoms with Gasteiger partial charge >= 0.3 is 0 Å². The number of halogens is 1. The second-order valence-corrected chi connectivity index (χ2v) is 7.15. The number of ether oxygens (including phenoxy) is 1. The zero-order valence-corrected chi connectivity index (χ0v) is 14.6. The van der Waals surface area contributed by atoms with E-state index in [1.54, 1.807) is 0 Å². The van der Waals surface area contributed by atoms with Crippen molar-refractivity contribution in [1.82, 2.24) is 5.32 Å². The first-order chi connectivity index (χ1) is 11.5. The van der Waals surface area contributed by atoms with Crippen molar-refractivity contribution in [2.24, 2.45) is 5.92 Å². The Hall–Kier alpha value is -1.62. The summed E-state index contributed by atoms with van der Waals surface area (Å²) < 4.78 is 20.2. The Morgan fingerprint density at radius 1 is 1.25 bits per heavy atom. The fourth-order valence-electron chi connectivity index (χ4n) is 3.81. The Morgan fingerprint density at radius 3 is 2.54 bits per heavy atom. The van der Waals surface area contributed by atoms with Gasteiger partial charge in [0.25, 0.3) is 0 Å². The fraction of sp³-hybridized carbons (Fsp3) is 0.632. The van der Waals surface area contributed by atoms with Crippen LogP contribution in [-0.4, -0.2) is 31.2 Å². The molecule has 4 nitrogen and oxygen atoms in total. The molecule has 24 heavy (non-hydrogen) atoms. The van der Waals surface area contributed by atoms with E-state index < -0.39 is 0 Å². The SMILES string of the molecule is C[C@@H]1CN(c2ccc(CNC(=O)C3CCCC3)cc2F)C[C@H](C)O1. The molecule has 0 aromatic heterocycles. The van der Waals surface area contributed by atoms with Crippen molar-refractivity contribution in [2.45, 2.75) is 58.3 Å². The molecule has 0 unspecified atom stereocenters. The highest BCUT2D eigenvalue weighted by atomic mass is 19.1. The number of hydrogen-bond acceptors (Lipinski definition) is 3. The summed E-state index contributed by atoms with van der Waals surface area (Å²) in [4.78, 5) is 14.1. The van der Waals surface area contributed by atoms with E-state index in [-0.39, 0.29) is 29.9 Å². The zero-order valence-electron chi connectivity index (χ0n) is 14.6. The summed E-state index contributed by atoms with van der Waals surface area (Å²) in [5, 5.41) is 2.94. The van der Waals surface area contributed by atoms with Gasteiger partial charge in [-0.3, -0.25) is 4.79 Å². The lowest BCUT2D eigenvalue weighted by Crippen LogP contribution is -2.45. The van der Waals surface area contributed by atoms with Crippen molar-refractivity contribution in [3.63, 3.8) is 0 Å². The highest BCUT2D eigenvalue weighted by molar-refractivity contribution is 5.78. The van der Waals surface area contributed by atoms with Gasteiger partial charge in [-0.05, 0) is 44.4 Å². The van der Waals surface area contributed by atoms with E-state index in [2.05, 4.69) is 5.32 Å². The minimum atomic E-state index is -0.232. The molecule has 1 aliphatic carbocycles. The van der Waals surface area contributed by atoms with E-state index in [1.165, 1.54) is 6.07 Å². The molecule has 1 aromatic carbocycles. The lowest BCUT2D eigenvalue weighted by atomic mass is 10.1. The van der Waals surface area contributed by atoms with Crippen LogP contribution in [0, 0.1) is 11.7 Å². The summed E-state index contributed by atoms with van der Waals surface area (Å²) >= 11 is 0. The van der Waals surface area contributed by atoms with Gasteiger partial charge in [0, 0.05) is 25.6 Å². The van der Waals surface area contributed by atoms with Gasteiger partial charge in [-0.2, -0.15) is 0 Å². The lowest BCUT2D eigenvalue weighted by Gasteiger charge is -2.37. The van der Waals surface area contributed by atoms with Gasteiger partial charge in [0.05, 0.1) is 17.9 Å². The summed E-state index contributed by atoms with van der Waals surface area (Å²) in [5.74, 6) is 0.0159. The van der Waals surface area contributed by atoms with Gasteiger partial charge in [0.2, 0.25) is 5.91 Å². The molecule has 3 rings (SSSR count). The van der Waals surface area contributed by atoms with E-state index in [4.69, 9.17) is 4.74 Å². The van der Waals surface area contributed by atoms with Gasteiger partial charge in [-0.25, -0.2) is 4.39 Å². The molecule has 1 aromatic rings. The van der Waals surface area contributed by atoms with E-state index >= 15 is 0 Å². The molecular formula is C19H27FN2O2. The van der Waals surface area contributed by atoms with Crippen molar-refractivity contribution < 1.29 is 13.9 Å². The molecule has 1 aliphatic heterocycles. The third kappa shape index (κ3) is 4.07. The van der Waals surface area contributed by atoms with Crippen LogP contribution in [0.4, 0.5) is 10.1 Å². The molecule has 5 heteroatoms. The Morgan fingerprint density at radius 2 is 1.92 bits per heavy atom. The van der Waals surface area contributed by atoms with Crippen molar-refractivity contribution >= 4 is 11.6 Å². The van der Waals surface area contributed by atoms with Crippen LogP contribution in [0.25, 0.3) is 0 Å². The molecule has 0 bridgehead atoms. The van der Waals surface area contributed by atoms with Crippen LogP contribution in [0.5, 0.6) is 0 Å². The van der Waals surface area contributed by atoms with Crippen LogP contribution in [0.3, 0.4) is 0 Å². The van der Waals surface area contributed by atoms with Crippen molar-refractivity contribution in [1.29, 1.82) is 0 Å². The molecule has 2 atom stereocenters. The average Bonchev–Trinajstić information content (AvgIpc) is 3.06. The second-order valence-electron chi connectivity index (χ2n) is 7.15. The first-order valence-electron chi connectivity index (χ1n) is 8.99. The topological polar surface area (TPSA) is 41.6 Å². The number of carbonyl (C=O) groups excluding carboxylic acids is 1. The Balaban J connectivity index is 1.61. The van der Waals surface area contributed by atoms with E-state index in [0.29, 0.717) is 25.3 Å². The Kier molecular flexibility index (Phi) is 5.39. The first kappa shape index (κ1) is 17.2. The molecule has 0 radical (unpaired) electrons. The van der Waals surface area contributed by atoms with Crippen molar-refractivity contribution in [3.8, 4) is 0 Å². The van der Waals surface area contributed by atoms with Gasteiger partial charge < -0.3 is 15.0 Å². The molecule has 2 aliphatic rings. The molecule has 1 heterocycles. The van der Waals surface area contributed by atoms with Gasteiger partial charge in [-0.15, -0.1) is 0 Å². The summed E-state index contributed by atoms with van der Waals surface area (Å²) in [6.07, 6.45) is 4.42. The van der Waals surface area contributed by atoms with Crippen LogP contribution < -0.4 is 10.2 Å². The highest BCUT2D eigenvalue weighted by Crippen LogP contribution is 2.26. The number of benzene rings is 1. The maximum absolute atomic E-state index is 14.5. The molecule has 2 fully saturated rings. The quantitative estimate of drug-likeness (QED) is 0.919. The molecule has 1 amide bonds. The van der Waals surface area contributed by atoms with Crippen LogP contribution in [0.1, 0.15) is 45.1 Å². The van der Waals surface area contributed by atoms with Crippen LogP contribution in [-0.2, 0) is 16.1 Å². The van der Waals surface area contributed by atoms with Crippen LogP contribution in [0.2, 0.25) is 0 Å². The maximum atomic E-state index is 14.5. The van der Waals surface area contributed by atoms with Gasteiger partial charge in [-0.1, -0.05) is 18.9 Å². The number of hydrogen-bond donors (Lipinski definition) is 1. The molecule has 132 valence electrons.